The topological polar surface area (TPSA) is 15.3 Å². The summed E-state index contributed by atoms with van der Waals surface area (Å²) in [5, 5.41) is 3.24. The van der Waals surface area contributed by atoms with Crippen molar-refractivity contribution < 1.29 is 0 Å². The van der Waals surface area contributed by atoms with Gasteiger partial charge in [-0.1, -0.05) is 15.9 Å². The molecule has 2 nitrogen and oxygen atoms in total. The summed E-state index contributed by atoms with van der Waals surface area (Å²) < 4.78 is 1.15. The molecule has 1 N–H and O–H groups in total. The summed E-state index contributed by atoms with van der Waals surface area (Å²) in [6.07, 6.45) is 3.90. The molecule has 1 fully saturated rings. The van der Waals surface area contributed by atoms with Gasteiger partial charge < -0.3 is 10.2 Å². The Bertz CT molecular complexity index is 323. The van der Waals surface area contributed by atoms with Crippen LogP contribution < -0.4 is 10.2 Å². The highest BCUT2D eigenvalue weighted by atomic mass is 79.9. The van der Waals surface area contributed by atoms with Crippen molar-refractivity contribution in [2.45, 2.75) is 25.3 Å². The minimum Gasteiger partial charge on any atom is -0.368 e. The van der Waals surface area contributed by atoms with Crippen LogP contribution in [-0.4, -0.2) is 26.2 Å². The first-order valence-electron chi connectivity index (χ1n) is 5.98. The summed E-state index contributed by atoms with van der Waals surface area (Å²) in [6, 6.07) is 9.39. The van der Waals surface area contributed by atoms with Gasteiger partial charge in [-0.05, 0) is 57.1 Å². The Morgan fingerprint density at radius 3 is 2.81 bits per heavy atom. The number of nitrogens with one attached hydrogen (secondary N) is 1. The second-order valence-electron chi connectivity index (χ2n) is 4.36. The molecule has 3 heteroatoms. The quantitative estimate of drug-likeness (QED) is 0.913. The molecule has 2 rings (SSSR count). The Kier molecular flexibility index (Phi) is 4.24. The van der Waals surface area contributed by atoms with Crippen molar-refractivity contribution in [3.05, 3.63) is 28.7 Å². The fourth-order valence-electron chi connectivity index (χ4n) is 2.42. The number of hydrogen-bond acceptors (Lipinski definition) is 2. The van der Waals surface area contributed by atoms with Crippen LogP contribution in [0.2, 0.25) is 0 Å². The van der Waals surface area contributed by atoms with E-state index >= 15 is 0 Å². The molecular weight excluding hydrogens is 264 g/mol. The van der Waals surface area contributed by atoms with Gasteiger partial charge in [-0.15, -0.1) is 0 Å². The molecule has 1 heterocycles. The van der Waals surface area contributed by atoms with Crippen LogP contribution in [0.1, 0.15) is 19.3 Å². The van der Waals surface area contributed by atoms with Crippen molar-refractivity contribution >= 4 is 21.6 Å². The van der Waals surface area contributed by atoms with Gasteiger partial charge in [-0.3, -0.25) is 0 Å². The van der Waals surface area contributed by atoms with Gasteiger partial charge in [0.15, 0.2) is 0 Å². The molecule has 16 heavy (non-hydrogen) atoms. The van der Waals surface area contributed by atoms with E-state index < -0.39 is 0 Å². The van der Waals surface area contributed by atoms with Crippen LogP contribution >= 0.6 is 15.9 Å². The van der Waals surface area contributed by atoms with Crippen molar-refractivity contribution in [3.63, 3.8) is 0 Å². The second-order valence-corrected chi connectivity index (χ2v) is 5.27. The molecule has 1 aliphatic rings. The standard InChI is InChI=1S/C13H19BrN2/c1-15-9-8-12-3-2-10-16(12)13-6-4-11(14)5-7-13/h4-7,12,15H,2-3,8-10H2,1H3. The third kappa shape index (κ3) is 2.77. The summed E-state index contributed by atoms with van der Waals surface area (Å²) in [4.78, 5) is 2.55. The van der Waals surface area contributed by atoms with E-state index in [1.165, 1.54) is 31.5 Å². The Morgan fingerprint density at radius 1 is 1.38 bits per heavy atom. The van der Waals surface area contributed by atoms with Gasteiger partial charge in [0.05, 0.1) is 0 Å². The monoisotopic (exact) mass is 282 g/mol. The molecule has 0 radical (unpaired) electrons. The molecule has 88 valence electrons. The molecule has 0 saturated carbocycles. The number of nitrogens with zero attached hydrogens (tertiary/aromatic N) is 1. The third-order valence-corrected chi connectivity index (χ3v) is 3.79. The lowest BCUT2D eigenvalue weighted by Gasteiger charge is -2.26. The number of rotatable bonds is 4. The number of halogens is 1. The Balaban J connectivity index is 2.04. The van der Waals surface area contributed by atoms with Gasteiger partial charge in [-0.2, -0.15) is 0 Å². The molecule has 1 atom stereocenters. The first kappa shape index (κ1) is 11.9. The van der Waals surface area contributed by atoms with Crippen LogP contribution in [0.25, 0.3) is 0 Å². The van der Waals surface area contributed by atoms with Crippen LogP contribution in [0.5, 0.6) is 0 Å². The molecule has 0 bridgehead atoms. The molecule has 1 unspecified atom stereocenters. The lowest BCUT2D eigenvalue weighted by molar-refractivity contribution is 0.585. The Morgan fingerprint density at radius 2 is 2.12 bits per heavy atom. The first-order valence-corrected chi connectivity index (χ1v) is 6.77. The number of hydrogen-bond donors (Lipinski definition) is 1. The predicted molar refractivity (Wildman–Crippen MR) is 73.1 cm³/mol. The normalized spacial score (nSPS) is 20.4. The fraction of sp³-hybridized carbons (Fsp3) is 0.538. The van der Waals surface area contributed by atoms with Crippen molar-refractivity contribution in [2.75, 3.05) is 25.0 Å². The highest BCUT2D eigenvalue weighted by Gasteiger charge is 2.23. The highest BCUT2D eigenvalue weighted by Crippen LogP contribution is 2.28. The van der Waals surface area contributed by atoms with E-state index in [1.54, 1.807) is 0 Å². The minimum absolute atomic E-state index is 0.716. The van der Waals surface area contributed by atoms with E-state index in [4.69, 9.17) is 0 Å². The van der Waals surface area contributed by atoms with E-state index in [9.17, 15) is 0 Å². The lowest BCUT2D eigenvalue weighted by Crippen LogP contribution is -2.31. The van der Waals surface area contributed by atoms with E-state index in [2.05, 4.69) is 50.4 Å². The smallest absolute Gasteiger partial charge is 0.0369 e. The zero-order valence-electron chi connectivity index (χ0n) is 9.75. The third-order valence-electron chi connectivity index (χ3n) is 3.26. The number of anilines is 1. The summed E-state index contributed by atoms with van der Waals surface area (Å²) in [6.45, 7) is 2.31. The van der Waals surface area contributed by atoms with Crippen LogP contribution in [0.3, 0.4) is 0 Å². The average Bonchev–Trinajstić information content (AvgIpc) is 2.75. The van der Waals surface area contributed by atoms with Crippen molar-refractivity contribution in [2.24, 2.45) is 0 Å². The van der Waals surface area contributed by atoms with Crippen molar-refractivity contribution in [3.8, 4) is 0 Å². The molecule has 0 aliphatic carbocycles. The van der Waals surface area contributed by atoms with E-state index in [0.717, 1.165) is 11.0 Å². The molecule has 1 saturated heterocycles. The minimum atomic E-state index is 0.716. The fourth-order valence-corrected chi connectivity index (χ4v) is 2.68. The second kappa shape index (κ2) is 5.69. The van der Waals surface area contributed by atoms with Gasteiger partial charge in [0.2, 0.25) is 0 Å². The molecule has 0 amide bonds. The average molecular weight is 283 g/mol. The molecule has 0 spiro atoms. The molecule has 1 aromatic rings. The van der Waals surface area contributed by atoms with E-state index in [0.29, 0.717) is 6.04 Å². The summed E-state index contributed by atoms with van der Waals surface area (Å²) in [5.74, 6) is 0. The van der Waals surface area contributed by atoms with Crippen molar-refractivity contribution in [1.29, 1.82) is 0 Å². The van der Waals surface area contributed by atoms with Gasteiger partial charge in [0.1, 0.15) is 0 Å². The van der Waals surface area contributed by atoms with E-state index in [-0.39, 0.29) is 0 Å². The summed E-state index contributed by atoms with van der Waals surface area (Å²) in [7, 11) is 2.03. The lowest BCUT2D eigenvalue weighted by atomic mass is 10.1. The largest absolute Gasteiger partial charge is 0.368 e. The predicted octanol–water partition coefficient (Wildman–Crippen LogP) is 3.03. The molecule has 0 aromatic heterocycles. The highest BCUT2D eigenvalue weighted by molar-refractivity contribution is 9.10. The van der Waals surface area contributed by atoms with Gasteiger partial charge in [0.25, 0.3) is 0 Å². The maximum absolute atomic E-state index is 3.48. The Hall–Kier alpha value is -0.540. The van der Waals surface area contributed by atoms with Crippen LogP contribution in [0.15, 0.2) is 28.7 Å². The Labute approximate surface area is 106 Å². The maximum atomic E-state index is 3.48. The number of benzene rings is 1. The van der Waals surface area contributed by atoms with E-state index in [1.807, 2.05) is 7.05 Å². The van der Waals surface area contributed by atoms with Crippen molar-refractivity contribution in [1.82, 2.24) is 5.32 Å². The molecular formula is C13H19BrN2. The first-order chi connectivity index (χ1) is 7.81. The van der Waals surface area contributed by atoms with Crippen LogP contribution in [0, 0.1) is 0 Å². The maximum Gasteiger partial charge on any atom is 0.0369 e. The van der Waals surface area contributed by atoms with Crippen LogP contribution in [-0.2, 0) is 0 Å². The van der Waals surface area contributed by atoms with Gasteiger partial charge in [-0.25, -0.2) is 0 Å². The van der Waals surface area contributed by atoms with Crippen LogP contribution in [0.4, 0.5) is 5.69 Å². The summed E-state index contributed by atoms with van der Waals surface area (Å²) >= 11 is 3.48. The zero-order valence-corrected chi connectivity index (χ0v) is 11.3. The molecule has 1 aromatic carbocycles. The zero-order chi connectivity index (χ0) is 11.4. The SMILES string of the molecule is CNCCC1CCCN1c1ccc(Br)cc1. The summed E-state index contributed by atoms with van der Waals surface area (Å²) in [5.41, 5.74) is 1.36. The van der Waals surface area contributed by atoms with Gasteiger partial charge >= 0.3 is 0 Å². The van der Waals surface area contributed by atoms with Gasteiger partial charge in [0, 0.05) is 22.7 Å². The molecule has 1 aliphatic heterocycles.